The van der Waals surface area contributed by atoms with Crippen molar-refractivity contribution in [2.24, 2.45) is 10.2 Å². The molecule has 0 bridgehead atoms. The summed E-state index contributed by atoms with van der Waals surface area (Å²) in [7, 11) is 0. The second-order valence-corrected chi connectivity index (χ2v) is 4.95. The third kappa shape index (κ3) is 3.19. The summed E-state index contributed by atoms with van der Waals surface area (Å²) in [6.45, 7) is 0.312. The summed E-state index contributed by atoms with van der Waals surface area (Å²) >= 11 is 1.23. The summed E-state index contributed by atoms with van der Waals surface area (Å²) < 4.78 is 31.6. The van der Waals surface area contributed by atoms with E-state index in [1.165, 1.54) is 23.5 Å². The number of hydrogen-bond acceptors (Lipinski definition) is 5. The zero-order valence-corrected chi connectivity index (χ0v) is 11.5. The molecule has 0 unspecified atom stereocenters. The number of benzene rings is 1. The van der Waals surface area contributed by atoms with Gasteiger partial charge in [0, 0.05) is 17.0 Å². The van der Waals surface area contributed by atoms with Gasteiger partial charge >= 0.3 is 0 Å². The SMILES string of the molecule is Fc1ccc(-c2csc(N=NCc3ccco3)n2)c(F)c1. The van der Waals surface area contributed by atoms with E-state index in [0.29, 0.717) is 23.1 Å². The standard InChI is InChI=1S/C14H9F2N3OS/c15-9-3-4-11(12(16)6-9)13-8-21-14(18-13)19-17-7-10-2-1-5-20-10/h1-6,8H,7H2. The van der Waals surface area contributed by atoms with E-state index < -0.39 is 11.6 Å². The summed E-state index contributed by atoms with van der Waals surface area (Å²) in [5.74, 6) is -0.579. The van der Waals surface area contributed by atoms with Crippen LogP contribution in [0.3, 0.4) is 0 Å². The van der Waals surface area contributed by atoms with E-state index in [4.69, 9.17) is 4.42 Å². The Morgan fingerprint density at radius 3 is 2.90 bits per heavy atom. The van der Waals surface area contributed by atoms with Crippen LogP contribution in [-0.4, -0.2) is 4.98 Å². The second-order valence-electron chi connectivity index (χ2n) is 4.12. The van der Waals surface area contributed by atoms with Gasteiger partial charge in [0.2, 0.25) is 5.13 Å². The minimum atomic E-state index is -0.653. The third-order valence-electron chi connectivity index (χ3n) is 2.66. The highest BCUT2D eigenvalue weighted by Gasteiger charge is 2.10. The number of rotatable bonds is 4. The molecule has 0 radical (unpaired) electrons. The summed E-state index contributed by atoms with van der Waals surface area (Å²) in [6.07, 6.45) is 1.56. The molecule has 0 amide bonds. The van der Waals surface area contributed by atoms with Crippen LogP contribution in [-0.2, 0) is 6.54 Å². The van der Waals surface area contributed by atoms with Crippen LogP contribution >= 0.6 is 11.3 Å². The summed E-state index contributed by atoms with van der Waals surface area (Å²) in [4.78, 5) is 4.15. The molecule has 0 aliphatic carbocycles. The molecule has 0 N–H and O–H groups in total. The van der Waals surface area contributed by atoms with Crippen LogP contribution < -0.4 is 0 Å². The van der Waals surface area contributed by atoms with E-state index in [1.54, 1.807) is 23.8 Å². The first-order chi connectivity index (χ1) is 10.2. The lowest BCUT2D eigenvalue weighted by Gasteiger charge is -1.98. The van der Waals surface area contributed by atoms with Crippen molar-refractivity contribution in [2.75, 3.05) is 0 Å². The van der Waals surface area contributed by atoms with Gasteiger partial charge in [0.25, 0.3) is 0 Å². The van der Waals surface area contributed by atoms with Gasteiger partial charge in [-0.05, 0) is 24.3 Å². The molecule has 1 aromatic carbocycles. The van der Waals surface area contributed by atoms with Crippen molar-refractivity contribution in [3.8, 4) is 11.3 Å². The fourth-order valence-electron chi connectivity index (χ4n) is 1.70. The Morgan fingerprint density at radius 1 is 1.24 bits per heavy atom. The van der Waals surface area contributed by atoms with Gasteiger partial charge in [0.1, 0.15) is 23.9 Å². The molecular weight excluding hydrogens is 296 g/mol. The molecule has 2 aromatic heterocycles. The third-order valence-corrected chi connectivity index (χ3v) is 3.39. The molecule has 4 nitrogen and oxygen atoms in total. The molecule has 3 rings (SSSR count). The van der Waals surface area contributed by atoms with Crippen LogP contribution in [0.25, 0.3) is 11.3 Å². The summed E-state index contributed by atoms with van der Waals surface area (Å²) in [5.41, 5.74) is 0.643. The van der Waals surface area contributed by atoms with Crippen molar-refractivity contribution >= 4 is 16.5 Å². The van der Waals surface area contributed by atoms with E-state index in [9.17, 15) is 8.78 Å². The predicted molar refractivity (Wildman–Crippen MR) is 74.4 cm³/mol. The van der Waals surface area contributed by atoms with Crippen LogP contribution in [0.1, 0.15) is 5.76 Å². The molecule has 0 atom stereocenters. The first-order valence-corrected chi connectivity index (χ1v) is 6.91. The lowest BCUT2D eigenvalue weighted by Crippen LogP contribution is -1.85. The molecule has 0 spiro atoms. The number of furan rings is 1. The summed E-state index contributed by atoms with van der Waals surface area (Å²) in [6, 6.07) is 6.93. The molecule has 3 aromatic rings. The van der Waals surface area contributed by atoms with Crippen LogP contribution in [0.4, 0.5) is 13.9 Å². The van der Waals surface area contributed by atoms with Crippen LogP contribution in [0.5, 0.6) is 0 Å². The van der Waals surface area contributed by atoms with Gasteiger partial charge < -0.3 is 4.42 Å². The maximum absolute atomic E-state index is 13.6. The van der Waals surface area contributed by atoms with Gasteiger partial charge in [0.15, 0.2) is 0 Å². The molecule has 0 saturated carbocycles. The van der Waals surface area contributed by atoms with Crippen LogP contribution in [0.15, 0.2) is 56.6 Å². The van der Waals surface area contributed by atoms with Crippen molar-refractivity contribution < 1.29 is 13.2 Å². The van der Waals surface area contributed by atoms with Crippen molar-refractivity contribution in [3.63, 3.8) is 0 Å². The first-order valence-electron chi connectivity index (χ1n) is 6.03. The lowest BCUT2D eigenvalue weighted by molar-refractivity contribution is 0.509. The maximum Gasteiger partial charge on any atom is 0.230 e. The Hall–Kier alpha value is -2.41. The lowest BCUT2D eigenvalue weighted by atomic mass is 10.1. The maximum atomic E-state index is 13.6. The van der Waals surface area contributed by atoms with E-state index in [-0.39, 0.29) is 5.56 Å². The average Bonchev–Trinajstić information content (AvgIpc) is 3.10. The van der Waals surface area contributed by atoms with Crippen molar-refractivity contribution in [3.05, 3.63) is 59.4 Å². The largest absolute Gasteiger partial charge is 0.467 e. The van der Waals surface area contributed by atoms with Gasteiger partial charge in [-0.2, -0.15) is 5.11 Å². The second kappa shape index (κ2) is 5.92. The van der Waals surface area contributed by atoms with Crippen LogP contribution in [0.2, 0.25) is 0 Å². The highest BCUT2D eigenvalue weighted by atomic mass is 32.1. The monoisotopic (exact) mass is 305 g/mol. The van der Waals surface area contributed by atoms with E-state index in [0.717, 1.165) is 6.07 Å². The van der Waals surface area contributed by atoms with Crippen molar-refractivity contribution in [2.45, 2.75) is 6.54 Å². The molecule has 0 saturated heterocycles. The van der Waals surface area contributed by atoms with E-state index in [2.05, 4.69) is 15.2 Å². The minimum Gasteiger partial charge on any atom is -0.467 e. The highest BCUT2D eigenvalue weighted by molar-refractivity contribution is 7.13. The molecular formula is C14H9F2N3OS. The molecule has 0 aliphatic heterocycles. The zero-order chi connectivity index (χ0) is 14.7. The molecule has 21 heavy (non-hydrogen) atoms. The molecule has 2 heterocycles. The van der Waals surface area contributed by atoms with Crippen LogP contribution in [0, 0.1) is 11.6 Å². The number of hydrogen-bond donors (Lipinski definition) is 0. The van der Waals surface area contributed by atoms with E-state index in [1.807, 2.05) is 0 Å². The van der Waals surface area contributed by atoms with Crippen molar-refractivity contribution in [1.29, 1.82) is 0 Å². The van der Waals surface area contributed by atoms with Gasteiger partial charge in [-0.3, -0.25) is 0 Å². The summed E-state index contributed by atoms with van der Waals surface area (Å²) in [5, 5.41) is 9.96. The van der Waals surface area contributed by atoms with Gasteiger partial charge in [0.05, 0.1) is 12.0 Å². The number of halogens is 2. The smallest absolute Gasteiger partial charge is 0.230 e. The Balaban J connectivity index is 1.75. The number of nitrogens with zero attached hydrogens (tertiary/aromatic N) is 3. The first kappa shape index (κ1) is 13.6. The Labute approximate surface area is 122 Å². The number of aromatic nitrogens is 1. The molecule has 0 aliphatic rings. The van der Waals surface area contributed by atoms with Gasteiger partial charge in [-0.1, -0.05) is 0 Å². The number of azo groups is 1. The van der Waals surface area contributed by atoms with Gasteiger partial charge in [-0.15, -0.1) is 16.5 Å². The normalized spacial score (nSPS) is 11.3. The van der Waals surface area contributed by atoms with E-state index >= 15 is 0 Å². The fraction of sp³-hybridized carbons (Fsp3) is 0.0714. The molecule has 0 fully saturated rings. The highest BCUT2D eigenvalue weighted by Crippen LogP contribution is 2.29. The molecule has 7 heteroatoms. The van der Waals surface area contributed by atoms with Gasteiger partial charge in [-0.25, -0.2) is 13.8 Å². The quantitative estimate of drug-likeness (QED) is 0.639. The molecule has 106 valence electrons. The minimum absolute atomic E-state index is 0.236. The Morgan fingerprint density at radius 2 is 2.14 bits per heavy atom. The van der Waals surface area contributed by atoms with Crippen molar-refractivity contribution in [1.82, 2.24) is 4.98 Å². The average molecular weight is 305 g/mol. The zero-order valence-electron chi connectivity index (χ0n) is 10.7. The number of thiazole rings is 1. The topological polar surface area (TPSA) is 50.8 Å². The fourth-order valence-corrected chi connectivity index (χ4v) is 2.35. The predicted octanol–water partition coefficient (Wildman–Crippen LogP) is 4.97. The Kier molecular flexibility index (Phi) is 3.83. The Bertz CT molecular complexity index is 768.